The van der Waals surface area contributed by atoms with Crippen molar-refractivity contribution in [3.05, 3.63) is 11.6 Å². The highest BCUT2D eigenvalue weighted by Gasteiger charge is 2.64. The molecular formula is C26H37NO3. The van der Waals surface area contributed by atoms with E-state index in [4.69, 9.17) is 11.2 Å². The molecule has 6 atom stereocenters. The molecule has 0 aromatic heterocycles. The molecule has 1 N–H and O–H groups in total. The van der Waals surface area contributed by atoms with E-state index in [0.29, 0.717) is 30.1 Å². The summed E-state index contributed by atoms with van der Waals surface area (Å²) in [7, 11) is 0. The highest BCUT2D eigenvalue weighted by Crippen LogP contribution is 2.65. The Balaban J connectivity index is 1.52. The molecule has 0 amide bonds. The number of terminal acetylenes is 1. The second-order valence-electron chi connectivity index (χ2n) is 10.3. The number of nitrogens with zero attached hydrogens (tertiary/aromatic N) is 1. The Bertz CT molecular complexity index is 778. The lowest BCUT2D eigenvalue weighted by atomic mass is 9.50. The topological polar surface area (TPSA) is 58.9 Å². The third-order valence-electron chi connectivity index (χ3n) is 9.07. The van der Waals surface area contributed by atoms with E-state index in [1.807, 2.05) is 0 Å². The Morgan fingerprint density at radius 1 is 1.23 bits per heavy atom. The van der Waals surface area contributed by atoms with Gasteiger partial charge in [-0.05, 0) is 87.5 Å². The van der Waals surface area contributed by atoms with E-state index < -0.39 is 5.60 Å². The molecule has 4 heteroatoms. The first-order valence-corrected chi connectivity index (χ1v) is 12.1. The zero-order valence-electron chi connectivity index (χ0n) is 18.7. The summed E-state index contributed by atoms with van der Waals surface area (Å²) in [4.78, 5) is 12.6. The maximum Gasteiger partial charge on any atom is 0.307 e. The lowest BCUT2D eigenvalue weighted by Gasteiger charge is -2.55. The highest BCUT2D eigenvalue weighted by atomic mass is 16.6. The average Bonchev–Trinajstić information content (AvgIpc) is 3.05. The Labute approximate surface area is 181 Å². The van der Waals surface area contributed by atoms with Gasteiger partial charge in [-0.1, -0.05) is 43.3 Å². The minimum Gasteiger partial charge on any atom is -0.445 e. The van der Waals surface area contributed by atoms with Crippen LogP contribution in [0, 0.1) is 41.4 Å². The molecule has 4 aliphatic rings. The minimum absolute atomic E-state index is 0.109. The third kappa shape index (κ3) is 3.39. The van der Waals surface area contributed by atoms with Crippen molar-refractivity contribution in [3.63, 3.8) is 0 Å². The van der Waals surface area contributed by atoms with Gasteiger partial charge in [-0.3, -0.25) is 4.79 Å². The van der Waals surface area contributed by atoms with Crippen LogP contribution in [0.3, 0.4) is 0 Å². The minimum atomic E-state index is -0.731. The summed E-state index contributed by atoms with van der Waals surface area (Å²) < 4.78 is 6.15. The molecule has 0 saturated heterocycles. The van der Waals surface area contributed by atoms with Gasteiger partial charge < -0.3 is 9.94 Å². The molecule has 0 radical (unpaired) electrons. The van der Waals surface area contributed by atoms with Crippen molar-refractivity contribution < 1.29 is 14.7 Å². The predicted molar refractivity (Wildman–Crippen MR) is 118 cm³/mol. The number of hydrogen-bond acceptors (Lipinski definition) is 4. The second-order valence-corrected chi connectivity index (χ2v) is 10.3. The number of allylic oxidation sites excluding steroid dienone is 2. The first-order valence-electron chi connectivity index (χ1n) is 12.1. The molecule has 0 aromatic rings. The Morgan fingerprint density at radius 3 is 2.80 bits per heavy atom. The van der Waals surface area contributed by atoms with E-state index in [0.717, 1.165) is 69.9 Å². The summed E-state index contributed by atoms with van der Waals surface area (Å²) in [6.45, 7) is 4.45. The van der Waals surface area contributed by atoms with Gasteiger partial charge in [0.05, 0.1) is 5.71 Å². The van der Waals surface area contributed by atoms with Crippen molar-refractivity contribution in [1.82, 2.24) is 0 Å². The fourth-order valence-corrected chi connectivity index (χ4v) is 7.47. The van der Waals surface area contributed by atoms with Crippen molar-refractivity contribution in [3.8, 4) is 12.3 Å². The summed E-state index contributed by atoms with van der Waals surface area (Å²) in [5.74, 6) is 5.40. The monoisotopic (exact) mass is 411 g/mol. The predicted octanol–water partition coefficient (Wildman–Crippen LogP) is 5.88. The van der Waals surface area contributed by atoms with Crippen molar-refractivity contribution >= 4 is 11.7 Å². The molecule has 0 bridgehead atoms. The van der Waals surface area contributed by atoms with E-state index in [1.54, 1.807) is 0 Å². The van der Waals surface area contributed by atoms with Gasteiger partial charge in [0.1, 0.15) is 0 Å². The van der Waals surface area contributed by atoms with Crippen LogP contribution in [-0.4, -0.2) is 22.5 Å². The standard InChI is InChI=1S/C26H37NO3/c1-4-6-7-8-24(28)30-26(5-2)16-14-23-22-11-9-18-17-19(27-29)10-12-20(18)21(22)13-15-25(23,26)3/h2,17,20-23,29H,4,6-16H2,1,3H3/t20-,21+,22+,23-,25-,26-/m0/s1. The van der Waals surface area contributed by atoms with Crippen LogP contribution in [0.2, 0.25) is 0 Å². The van der Waals surface area contributed by atoms with E-state index in [2.05, 4.69) is 31.0 Å². The molecule has 4 rings (SSSR count). The number of fused-ring (bicyclic) bond motifs is 5. The summed E-state index contributed by atoms with van der Waals surface area (Å²) in [5.41, 5.74) is 1.48. The first-order chi connectivity index (χ1) is 14.5. The molecule has 0 aliphatic heterocycles. The molecule has 3 fully saturated rings. The van der Waals surface area contributed by atoms with Gasteiger partial charge in [0.15, 0.2) is 5.60 Å². The van der Waals surface area contributed by atoms with Crippen molar-refractivity contribution in [2.24, 2.45) is 34.2 Å². The quantitative estimate of drug-likeness (QED) is 0.202. The van der Waals surface area contributed by atoms with Crippen LogP contribution in [0.25, 0.3) is 0 Å². The van der Waals surface area contributed by atoms with Crippen molar-refractivity contribution in [2.75, 3.05) is 0 Å². The summed E-state index contributed by atoms with van der Waals surface area (Å²) in [6, 6.07) is 0. The SMILES string of the molecule is C#C[C@]1(OC(=O)CCCCC)CC[C@H]2[C@@H]3CCC4=CC(=NO)CC[C@@H]4[C@H]3CC[C@@]21C. The molecule has 30 heavy (non-hydrogen) atoms. The Morgan fingerprint density at radius 2 is 2.07 bits per heavy atom. The van der Waals surface area contributed by atoms with Gasteiger partial charge in [-0.15, -0.1) is 6.42 Å². The second kappa shape index (κ2) is 8.40. The van der Waals surface area contributed by atoms with E-state index in [-0.39, 0.29) is 11.4 Å². The fourth-order valence-electron chi connectivity index (χ4n) is 7.47. The number of oxime groups is 1. The number of carbonyl (C=O) groups is 1. The Kier molecular flexibility index (Phi) is 6.02. The van der Waals surface area contributed by atoms with Gasteiger partial charge >= 0.3 is 5.97 Å². The maximum absolute atomic E-state index is 12.6. The number of ether oxygens (including phenoxy) is 1. The van der Waals surface area contributed by atoms with Crippen LogP contribution in [0.4, 0.5) is 0 Å². The van der Waals surface area contributed by atoms with Gasteiger partial charge in [-0.25, -0.2) is 0 Å². The van der Waals surface area contributed by atoms with Crippen molar-refractivity contribution in [2.45, 2.75) is 96.5 Å². The fraction of sp³-hybridized carbons (Fsp3) is 0.769. The van der Waals surface area contributed by atoms with Crippen LogP contribution >= 0.6 is 0 Å². The van der Waals surface area contributed by atoms with E-state index in [1.165, 1.54) is 12.0 Å². The number of rotatable bonds is 5. The zero-order valence-corrected chi connectivity index (χ0v) is 18.7. The number of carbonyl (C=O) groups excluding carboxylic acids is 1. The molecule has 164 valence electrons. The number of esters is 1. The molecule has 0 spiro atoms. The normalized spacial score (nSPS) is 41.2. The molecule has 4 nitrogen and oxygen atoms in total. The van der Waals surface area contributed by atoms with Crippen LogP contribution < -0.4 is 0 Å². The van der Waals surface area contributed by atoms with E-state index >= 15 is 0 Å². The number of unbranched alkanes of at least 4 members (excludes halogenated alkanes) is 2. The molecule has 0 aromatic carbocycles. The Hall–Kier alpha value is -1.76. The van der Waals surface area contributed by atoms with Crippen LogP contribution in [0.15, 0.2) is 16.8 Å². The smallest absolute Gasteiger partial charge is 0.307 e. The third-order valence-corrected chi connectivity index (χ3v) is 9.07. The van der Waals surface area contributed by atoms with Gasteiger partial charge in [-0.2, -0.15) is 0 Å². The van der Waals surface area contributed by atoms with Crippen LogP contribution in [0.5, 0.6) is 0 Å². The van der Waals surface area contributed by atoms with E-state index in [9.17, 15) is 10.0 Å². The maximum atomic E-state index is 12.6. The van der Waals surface area contributed by atoms with Gasteiger partial charge in [0, 0.05) is 11.8 Å². The number of hydrogen-bond donors (Lipinski definition) is 1. The van der Waals surface area contributed by atoms with Crippen LogP contribution in [0.1, 0.15) is 90.9 Å². The lowest BCUT2D eigenvalue weighted by molar-refractivity contribution is -0.170. The summed E-state index contributed by atoms with van der Waals surface area (Å²) >= 11 is 0. The van der Waals surface area contributed by atoms with Crippen LogP contribution in [-0.2, 0) is 9.53 Å². The molecule has 0 unspecified atom stereocenters. The summed E-state index contributed by atoms with van der Waals surface area (Å²) in [5, 5.41) is 12.6. The molecular weight excluding hydrogens is 374 g/mol. The first kappa shape index (κ1) is 21.5. The molecule has 4 aliphatic carbocycles. The van der Waals surface area contributed by atoms with Gasteiger partial charge in [0.25, 0.3) is 0 Å². The van der Waals surface area contributed by atoms with Gasteiger partial charge in [0.2, 0.25) is 0 Å². The largest absolute Gasteiger partial charge is 0.445 e. The highest BCUT2D eigenvalue weighted by molar-refractivity contribution is 5.96. The lowest BCUT2D eigenvalue weighted by Crippen LogP contribution is -2.53. The average molecular weight is 412 g/mol. The van der Waals surface area contributed by atoms with Crippen molar-refractivity contribution in [1.29, 1.82) is 0 Å². The molecule has 3 saturated carbocycles. The zero-order chi connectivity index (χ0) is 21.4. The summed E-state index contributed by atoms with van der Waals surface area (Å²) in [6.07, 6.45) is 20.1. The molecule has 0 heterocycles.